The summed E-state index contributed by atoms with van der Waals surface area (Å²) in [6.45, 7) is 8.43. The van der Waals surface area contributed by atoms with Crippen LogP contribution < -0.4 is 10.2 Å². The summed E-state index contributed by atoms with van der Waals surface area (Å²) in [6, 6.07) is 4.23. The summed E-state index contributed by atoms with van der Waals surface area (Å²) in [5.41, 5.74) is 1.32. The van der Waals surface area contributed by atoms with E-state index in [0.29, 0.717) is 0 Å². The van der Waals surface area contributed by atoms with Crippen molar-refractivity contribution in [1.29, 1.82) is 0 Å². The maximum absolute atomic E-state index is 4.09. The van der Waals surface area contributed by atoms with E-state index in [-0.39, 0.29) is 0 Å². The van der Waals surface area contributed by atoms with E-state index in [4.69, 9.17) is 0 Å². The number of piperazine rings is 1. The van der Waals surface area contributed by atoms with Crippen LogP contribution in [0.4, 0.5) is 5.69 Å². The van der Waals surface area contributed by atoms with E-state index in [0.717, 1.165) is 19.0 Å². The van der Waals surface area contributed by atoms with Gasteiger partial charge in [0.2, 0.25) is 0 Å². The third-order valence-corrected chi connectivity index (χ3v) is 4.71. The predicted molar refractivity (Wildman–Crippen MR) is 83.1 cm³/mol. The molecule has 0 aliphatic carbocycles. The smallest absolute Gasteiger partial charge is 0.0397 e. The van der Waals surface area contributed by atoms with Crippen molar-refractivity contribution in [2.24, 2.45) is 5.92 Å². The fraction of sp³-hybridized carbons (Fsp3) is 0.688. The van der Waals surface area contributed by atoms with Gasteiger partial charge >= 0.3 is 0 Å². The highest BCUT2D eigenvalue weighted by Gasteiger charge is 2.19. The average molecular weight is 274 g/mol. The molecule has 3 heterocycles. The van der Waals surface area contributed by atoms with Crippen LogP contribution in [0.2, 0.25) is 0 Å². The third-order valence-electron chi connectivity index (χ3n) is 4.71. The zero-order valence-electron chi connectivity index (χ0n) is 12.3. The largest absolute Gasteiger partial charge is 0.369 e. The van der Waals surface area contributed by atoms with Gasteiger partial charge in [-0.3, -0.25) is 9.88 Å². The molecule has 0 bridgehead atoms. The number of hydrogen-bond donors (Lipinski definition) is 1. The molecule has 2 aliphatic rings. The minimum atomic E-state index is 0.953. The van der Waals surface area contributed by atoms with Crippen molar-refractivity contribution in [2.45, 2.75) is 19.3 Å². The highest BCUT2D eigenvalue weighted by molar-refractivity contribution is 5.44. The van der Waals surface area contributed by atoms with Gasteiger partial charge < -0.3 is 10.2 Å². The van der Waals surface area contributed by atoms with Crippen LogP contribution in [0.5, 0.6) is 0 Å². The summed E-state index contributed by atoms with van der Waals surface area (Å²) in [5.74, 6) is 0.953. The Kier molecular flexibility index (Phi) is 4.87. The molecular formula is C16H26N4. The second-order valence-corrected chi connectivity index (χ2v) is 6.02. The molecule has 0 saturated carbocycles. The molecule has 2 fully saturated rings. The van der Waals surface area contributed by atoms with Crippen molar-refractivity contribution in [1.82, 2.24) is 15.2 Å². The van der Waals surface area contributed by atoms with Crippen LogP contribution in [0.15, 0.2) is 24.5 Å². The van der Waals surface area contributed by atoms with E-state index in [2.05, 4.69) is 32.2 Å². The fourth-order valence-electron chi connectivity index (χ4n) is 3.32. The van der Waals surface area contributed by atoms with E-state index in [1.165, 1.54) is 57.7 Å². The molecule has 0 amide bonds. The predicted octanol–water partition coefficient (Wildman–Crippen LogP) is 1.59. The van der Waals surface area contributed by atoms with Gasteiger partial charge in [0.1, 0.15) is 0 Å². The Balaban J connectivity index is 1.40. The molecule has 0 spiro atoms. The molecule has 1 N–H and O–H groups in total. The van der Waals surface area contributed by atoms with Gasteiger partial charge in [0.05, 0.1) is 0 Å². The number of rotatable bonds is 4. The van der Waals surface area contributed by atoms with Crippen LogP contribution in [0.3, 0.4) is 0 Å². The van der Waals surface area contributed by atoms with Gasteiger partial charge in [-0.05, 0) is 56.9 Å². The van der Waals surface area contributed by atoms with Crippen molar-refractivity contribution < 1.29 is 0 Å². The minimum absolute atomic E-state index is 0.953. The number of aromatic nitrogens is 1. The first kappa shape index (κ1) is 13.8. The highest BCUT2D eigenvalue weighted by Crippen LogP contribution is 2.18. The molecule has 20 heavy (non-hydrogen) atoms. The van der Waals surface area contributed by atoms with Crippen molar-refractivity contribution in [3.05, 3.63) is 24.5 Å². The maximum atomic E-state index is 4.09. The van der Waals surface area contributed by atoms with E-state index < -0.39 is 0 Å². The number of pyridine rings is 1. The zero-order valence-corrected chi connectivity index (χ0v) is 12.3. The van der Waals surface area contributed by atoms with E-state index >= 15 is 0 Å². The Labute approximate surface area is 122 Å². The van der Waals surface area contributed by atoms with Gasteiger partial charge in [0.25, 0.3) is 0 Å². The molecule has 0 atom stereocenters. The Bertz CT molecular complexity index is 381. The standard InChI is InChI=1S/C16H26N4/c1-6-17-7-2-15(1)5-10-19-11-13-20(14-12-19)16-3-8-18-9-4-16/h3-4,8-9,15,17H,1-2,5-7,10-14H2. The number of hydrogen-bond acceptors (Lipinski definition) is 4. The number of anilines is 1. The van der Waals surface area contributed by atoms with Gasteiger partial charge in [-0.15, -0.1) is 0 Å². The third kappa shape index (κ3) is 3.70. The molecule has 0 aromatic carbocycles. The topological polar surface area (TPSA) is 31.4 Å². The van der Waals surface area contributed by atoms with Gasteiger partial charge in [0.15, 0.2) is 0 Å². The lowest BCUT2D eigenvalue weighted by atomic mass is 9.94. The Morgan fingerprint density at radius 1 is 1.05 bits per heavy atom. The lowest BCUT2D eigenvalue weighted by Crippen LogP contribution is -2.47. The van der Waals surface area contributed by atoms with E-state index in [9.17, 15) is 0 Å². The quantitative estimate of drug-likeness (QED) is 0.903. The van der Waals surface area contributed by atoms with Crippen LogP contribution in [-0.2, 0) is 0 Å². The zero-order chi connectivity index (χ0) is 13.6. The van der Waals surface area contributed by atoms with Crippen molar-refractivity contribution in [3.63, 3.8) is 0 Å². The van der Waals surface area contributed by atoms with Crippen LogP contribution in [-0.4, -0.2) is 55.7 Å². The Hall–Kier alpha value is -1.13. The van der Waals surface area contributed by atoms with Gasteiger partial charge in [-0.2, -0.15) is 0 Å². The summed E-state index contributed by atoms with van der Waals surface area (Å²) in [6.07, 6.45) is 7.91. The lowest BCUT2D eigenvalue weighted by Gasteiger charge is -2.36. The average Bonchev–Trinajstić information content (AvgIpc) is 2.55. The van der Waals surface area contributed by atoms with E-state index in [1.54, 1.807) is 0 Å². The van der Waals surface area contributed by atoms with Crippen LogP contribution >= 0.6 is 0 Å². The molecule has 1 aromatic rings. The van der Waals surface area contributed by atoms with Crippen molar-refractivity contribution >= 4 is 5.69 Å². The maximum Gasteiger partial charge on any atom is 0.0397 e. The second kappa shape index (κ2) is 7.04. The van der Waals surface area contributed by atoms with E-state index in [1.807, 2.05) is 12.4 Å². The summed E-state index contributed by atoms with van der Waals surface area (Å²) in [7, 11) is 0. The highest BCUT2D eigenvalue weighted by atomic mass is 15.3. The molecule has 0 radical (unpaired) electrons. The first-order chi connectivity index (χ1) is 9.92. The molecule has 4 heteroatoms. The molecule has 2 saturated heterocycles. The number of nitrogens with one attached hydrogen (secondary N) is 1. The van der Waals surface area contributed by atoms with Crippen LogP contribution in [0.1, 0.15) is 19.3 Å². The molecule has 1 aromatic heterocycles. The SMILES string of the molecule is c1cc(N2CCN(CCC3CCNCC3)CC2)ccn1. The molecule has 110 valence electrons. The first-order valence-electron chi connectivity index (χ1n) is 8.00. The van der Waals surface area contributed by atoms with Crippen LogP contribution in [0, 0.1) is 5.92 Å². The van der Waals surface area contributed by atoms with Gasteiger partial charge in [-0.25, -0.2) is 0 Å². The minimum Gasteiger partial charge on any atom is -0.369 e. The van der Waals surface area contributed by atoms with Gasteiger partial charge in [-0.1, -0.05) is 0 Å². The normalized spacial score (nSPS) is 22.1. The Morgan fingerprint density at radius 3 is 2.45 bits per heavy atom. The molecule has 0 unspecified atom stereocenters. The lowest BCUT2D eigenvalue weighted by molar-refractivity contribution is 0.224. The molecule has 3 rings (SSSR count). The van der Waals surface area contributed by atoms with Gasteiger partial charge in [0, 0.05) is 44.3 Å². The monoisotopic (exact) mass is 274 g/mol. The first-order valence-corrected chi connectivity index (χ1v) is 8.00. The summed E-state index contributed by atoms with van der Waals surface area (Å²) >= 11 is 0. The molecular weight excluding hydrogens is 248 g/mol. The second-order valence-electron chi connectivity index (χ2n) is 6.02. The van der Waals surface area contributed by atoms with Crippen molar-refractivity contribution in [3.8, 4) is 0 Å². The Morgan fingerprint density at radius 2 is 1.75 bits per heavy atom. The summed E-state index contributed by atoms with van der Waals surface area (Å²) < 4.78 is 0. The van der Waals surface area contributed by atoms with Crippen molar-refractivity contribution in [2.75, 3.05) is 50.7 Å². The summed E-state index contributed by atoms with van der Waals surface area (Å²) in [5, 5.41) is 3.45. The number of nitrogens with zero attached hydrogens (tertiary/aromatic N) is 3. The number of piperidine rings is 1. The summed E-state index contributed by atoms with van der Waals surface area (Å²) in [4.78, 5) is 9.21. The fourth-order valence-corrected chi connectivity index (χ4v) is 3.32. The van der Waals surface area contributed by atoms with Crippen LogP contribution in [0.25, 0.3) is 0 Å². The molecule has 4 nitrogen and oxygen atoms in total. The molecule has 2 aliphatic heterocycles.